The normalized spacial score (nSPS) is 14.2. The summed E-state index contributed by atoms with van der Waals surface area (Å²) in [6, 6.07) is 17.4. The van der Waals surface area contributed by atoms with Gasteiger partial charge in [-0.3, -0.25) is 9.89 Å². The number of nitrogens with one attached hydrogen (secondary N) is 1. The highest BCUT2D eigenvalue weighted by molar-refractivity contribution is 5.99. The van der Waals surface area contributed by atoms with Crippen LogP contribution >= 0.6 is 0 Å². The number of carbonyl (C=O) groups is 2. The molecule has 2 heterocycles. The van der Waals surface area contributed by atoms with Crippen molar-refractivity contribution in [1.29, 1.82) is 0 Å². The first-order valence-corrected chi connectivity index (χ1v) is 9.75. The van der Waals surface area contributed by atoms with Crippen molar-refractivity contribution in [2.24, 2.45) is 0 Å². The van der Waals surface area contributed by atoms with Crippen LogP contribution < -0.4 is 4.90 Å². The number of hydrogen-bond donors (Lipinski definition) is 1. The number of fused-ring (bicyclic) bond motifs is 1. The van der Waals surface area contributed by atoms with Gasteiger partial charge in [0.25, 0.3) is 5.91 Å². The number of aromatic amines is 1. The first-order valence-electron chi connectivity index (χ1n) is 9.75. The maximum atomic E-state index is 12.9. The van der Waals surface area contributed by atoms with Crippen molar-refractivity contribution in [3.63, 3.8) is 0 Å². The Bertz CT molecular complexity index is 1040. The van der Waals surface area contributed by atoms with Crippen LogP contribution in [0.2, 0.25) is 0 Å². The van der Waals surface area contributed by atoms with Gasteiger partial charge >= 0.3 is 5.97 Å². The fourth-order valence-electron chi connectivity index (χ4n) is 3.55. The molecular weight excluding hydrogens is 366 g/mol. The number of rotatable bonds is 4. The summed E-state index contributed by atoms with van der Waals surface area (Å²) in [5, 5.41) is 6.90. The number of aromatic nitrogens is 2. The smallest absolute Gasteiger partial charge is 0.357 e. The molecule has 1 aromatic heterocycles. The van der Waals surface area contributed by atoms with Crippen LogP contribution in [0.25, 0.3) is 11.3 Å². The molecule has 0 radical (unpaired) electrons. The lowest BCUT2D eigenvalue weighted by Gasteiger charge is -2.31. The molecule has 0 fully saturated rings. The van der Waals surface area contributed by atoms with Gasteiger partial charge in [0.15, 0.2) is 6.10 Å². The van der Waals surface area contributed by atoms with E-state index < -0.39 is 12.1 Å². The molecule has 1 atom stereocenters. The summed E-state index contributed by atoms with van der Waals surface area (Å²) in [5.41, 5.74) is 4.97. The van der Waals surface area contributed by atoms with E-state index in [0.717, 1.165) is 35.2 Å². The van der Waals surface area contributed by atoms with Gasteiger partial charge in [0.05, 0.1) is 5.69 Å². The summed E-state index contributed by atoms with van der Waals surface area (Å²) in [4.78, 5) is 27.1. The van der Waals surface area contributed by atoms with Crippen molar-refractivity contribution in [2.75, 3.05) is 11.4 Å². The largest absolute Gasteiger partial charge is 0.448 e. The molecule has 6 nitrogen and oxygen atoms in total. The van der Waals surface area contributed by atoms with Crippen LogP contribution in [0, 0.1) is 6.92 Å². The predicted octanol–water partition coefficient (Wildman–Crippen LogP) is 3.91. The average Bonchev–Trinajstić information content (AvgIpc) is 3.23. The first kappa shape index (κ1) is 18.9. The van der Waals surface area contributed by atoms with E-state index in [-0.39, 0.29) is 11.6 Å². The maximum Gasteiger partial charge on any atom is 0.357 e. The summed E-state index contributed by atoms with van der Waals surface area (Å²) < 4.78 is 5.43. The standard InChI is InChI=1S/C23H23N3O3/c1-15-9-11-17(12-10-15)19-14-20(25-24-19)23(28)29-16(2)22(27)26-13-5-7-18-6-3-4-8-21(18)26/h3-4,6,8-12,14,16H,5,7,13H2,1-2H3,(H,24,25)/t16-/m1/s1. The number of anilines is 1. The van der Waals surface area contributed by atoms with E-state index in [2.05, 4.69) is 10.2 Å². The molecule has 1 amide bonds. The molecule has 3 aromatic rings. The lowest BCUT2D eigenvalue weighted by molar-refractivity contribution is -0.126. The van der Waals surface area contributed by atoms with E-state index in [1.165, 1.54) is 0 Å². The number of aryl methyl sites for hydroxylation is 2. The molecule has 148 valence electrons. The van der Waals surface area contributed by atoms with Crippen LogP contribution in [0.4, 0.5) is 5.69 Å². The summed E-state index contributed by atoms with van der Waals surface area (Å²) in [6.07, 6.45) is 0.952. The van der Waals surface area contributed by atoms with Gasteiger partial charge < -0.3 is 9.64 Å². The Hall–Kier alpha value is -3.41. The first-order chi connectivity index (χ1) is 14.0. The van der Waals surface area contributed by atoms with Crippen LogP contribution in [0.1, 0.15) is 35.0 Å². The van der Waals surface area contributed by atoms with Crippen molar-refractivity contribution >= 4 is 17.6 Å². The fraction of sp³-hybridized carbons (Fsp3) is 0.261. The highest BCUT2D eigenvalue weighted by atomic mass is 16.5. The number of benzene rings is 2. The molecule has 6 heteroatoms. The Balaban J connectivity index is 1.45. The summed E-state index contributed by atoms with van der Waals surface area (Å²) in [5.74, 6) is -0.814. The number of para-hydroxylation sites is 1. The van der Waals surface area contributed by atoms with Crippen LogP contribution in [0.15, 0.2) is 54.6 Å². The highest BCUT2D eigenvalue weighted by Crippen LogP contribution is 2.27. The molecule has 0 aliphatic carbocycles. The Morgan fingerprint density at radius 1 is 1.14 bits per heavy atom. The summed E-state index contributed by atoms with van der Waals surface area (Å²) >= 11 is 0. The SMILES string of the molecule is Cc1ccc(-c2cc(C(=O)O[C@H](C)C(=O)N3CCCc4ccccc43)[nH]n2)cc1. The summed E-state index contributed by atoms with van der Waals surface area (Å²) in [6.45, 7) is 4.24. The lowest BCUT2D eigenvalue weighted by Crippen LogP contribution is -2.42. The molecule has 4 rings (SSSR count). The van der Waals surface area contributed by atoms with Crippen LogP contribution in [-0.2, 0) is 16.0 Å². The number of H-pyrrole nitrogens is 1. The van der Waals surface area contributed by atoms with Crippen molar-refractivity contribution in [1.82, 2.24) is 10.2 Å². The van der Waals surface area contributed by atoms with Crippen LogP contribution in [-0.4, -0.2) is 34.7 Å². The average molecular weight is 389 g/mol. The zero-order chi connectivity index (χ0) is 20.4. The van der Waals surface area contributed by atoms with Gasteiger partial charge in [-0.2, -0.15) is 5.10 Å². The molecule has 0 spiro atoms. The number of nitrogens with zero attached hydrogens (tertiary/aromatic N) is 2. The van der Waals surface area contributed by atoms with Gasteiger partial charge in [0.2, 0.25) is 0 Å². The van der Waals surface area contributed by atoms with Crippen molar-refractivity contribution in [3.8, 4) is 11.3 Å². The fourth-order valence-corrected chi connectivity index (χ4v) is 3.55. The van der Waals surface area contributed by atoms with E-state index in [1.807, 2.05) is 55.5 Å². The van der Waals surface area contributed by atoms with Crippen molar-refractivity contribution < 1.29 is 14.3 Å². The van der Waals surface area contributed by atoms with Gasteiger partial charge in [0.1, 0.15) is 5.69 Å². The quantitative estimate of drug-likeness (QED) is 0.687. The second-order valence-corrected chi connectivity index (χ2v) is 7.30. The lowest BCUT2D eigenvalue weighted by atomic mass is 10.0. The zero-order valence-electron chi connectivity index (χ0n) is 16.5. The van der Waals surface area contributed by atoms with Gasteiger partial charge in [-0.25, -0.2) is 4.79 Å². The molecule has 1 aliphatic heterocycles. The van der Waals surface area contributed by atoms with Crippen molar-refractivity contribution in [3.05, 3.63) is 71.4 Å². The van der Waals surface area contributed by atoms with E-state index in [9.17, 15) is 9.59 Å². The molecule has 29 heavy (non-hydrogen) atoms. The van der Waals surface area contributed by atoms with E-state index in [4.69, 9.17) is 4.74 Å². The minimum absolute atomic E-state index is 0.219. The Kier molecular flexibility index (Phi) is 5.16. The maximum absolute atomic E-state index is 12.9. The third kappa shape index (κ3) is 3.92. The Morgan fingerprint density at radius 2 is 1.90 bits per heavy atom. The number of esters is 1. The van der Waals surface area contributed by atoms with E-state index in [1.54, 1.807) is 17.9 Å². The minimum Gasteiger partial charge on any atom is -0.448 e. The Labute approximate surface area is 169 Å². The highest BCUT2D eigenvalue weighted by Gasteiger charge is 2.29. The molecule has 1 aliphatic rings. The van der Waals surface area contributed by atoms with Gasteiger partial charge in [-0.15, -0.1) is 0 Å². The molecule has 0 unspecified atom stereocenters. The number of amides is 1. The topological polar surface area (TPSA) is 75.3 Å². The Morgan fingerprint density at radius 3 is 2.69 bits per heavy atom. The van der Waals surface area contributed by atoms with Gasteiger partial charge in [0, 0.05) is 17.8 Å². The molecule has 2 aromatic carbocycles. The van der Waals surface area contributed by atoms with Crippen LogP contribution in [0.3, 0.4) is 0 Å². The minimum atomic E-state index is -0.889. The molecule has 1 N–H and O–H groups in total. The monoisotopic (exact) mass is 389 g/mol. The van der Waals surface area contributed by atoms with Gasteiger partial charge in [-0.1, -0.05) is 48.0 Å². The van der Waals surface area contributed by atoms with Crippen molar-refractivity contribution in [2.45, 2.75) is 32.8 Å². The predicted molar refractivity (Wildman–Crippen MR) is 111 cm³/mol. The number of carbonyl (C=O) groups excluding carboxylic acids is 2. The number of ether oxygens (including phenoxy) is 1. The third-order valence-corrected chi connectivity index (χ3v) is 5.15. The molecular formula is C23H23N3O3. The van der Waals surface area contributed by atoms with E-state index >= 15 is 0 Å². The van der Waals surface area contributed by atoms with Gasteiger partial charge in [-0.05, 0) is 44.4 Å². The second-order valence-electron chi connectivity index (χ2n) is 7.30. The molecule has 0 saturated carbocycles. The van der Waals surface area contributed by atoms with E-state index in [0.29, 0.717) is 12.2 Å². The summed E-state index contributed by atoms with van der Waals surface area (Å²) in [7, 11) is 0. The third-order valence-electron chi connectivity index (χ3n) is 5.15. The zero-order valence-corrected chi connectivity index (χ0v) is 16.5. The number of hydrogen-bond acceptors (Lipinski definition) is 4. The molecule has 0 saturated heterocycles. The second kappa shape index (κ2) is 7.91. The molecule has 0 bridgehead atoms. The van der Waals surface area contributed by atoms with Crippen LogP contribution in [0.5, 0.6) is 0 Å².